The number of aliphatic hydroxyl groups excluding tert-OH is 1. The van der Waals surface area contributed by atoms with Crippen LogP contribution in [0.2, 0.25) is 0 Å². The summed E-state index contributed by atoms with van der Waals surface area (Å²) in [4.78, 5) is 25.3. The lowest BCUT2D eigenvalue weighted by molar-refractivity contribution is -0.160. The summed E-state index contributed by atoms with van der Waals surface area (Å²) in [5, 5.41) is 19.5. The molecule has 1 amide bonds. The Hall–Kier alpha value is -1.10. The number of amides is 1. The SMILES string of the molecule is CC1CC(=O)N(C2CCCCC2O)C(C)C1C(=O)O. The molecule has 1 heterocycles. The fraction of sp³-hybridized carbons (Fsp3) is 0.857. The highest BCUT2D eigenvalue weighted by Crippen LogP contribution is 2.35. The van der Waals surface area contributed by atoms with E-state index < -0.39 is 18.0 Å². The van der Waals surface area contributed by atoms with Gasteiger partial charge in [-0.3, -0.25) is 9.59 Å². The van der Waals surface area contributed by atoms with Crippen molar-refractivity contribution in [3.8, 4) is 0 Å². The highest BCUT2D eigenvalue weighted by Gasteiger charge is 2.45. The van der Waals surface area contributed by atoms with E-state index in [1.807, 2.05) is 6.92 Å². The maximum atomic E-state index is 12.2. The maximum Gasteiger partial charge on any atom is 0.308 e. The topological polar surface area (TPSA) is 77.8 Å². The minimum atomic E-state index is -0.845. The van der Waals surface area contributed by atoms with Gasteiger partial charge in [-0.15, -0.1) is 0 Å². The molecule has 1 aliphatic carbocycles. The molecule has 2 aliphatic rings. The van der Waals surface area contributed by atoms with Crippen molar-refractivity contribution in [3.63, 3.8) is 0 Å². The zero-order chi connectivity index (χ0) is 14.2. The van der Waals surface area contributed by atoms with Crippen molar-refractivity contribution >= 4 is 11.9 Å². The number of hydrogen-bond acceptors (Lipinski definition) is 3. The Balaban J connectivity index is 2.22. The number of aliphatic hydroxyl groups is 1. The van der Waals surface area contributed by atoms with E-state index in [-0.39, 0.29) is 30.3 Å². The standard InChI is InChI=1S/C14H23NO4/c1-8-7-12(17)15(9(2)13(8)14(18)19)10-5-3-4-6-11(10)16/h8-11,13,16H,3-7H2,1-2H3,(H,18,19). The van der Waals surface area contributed by atoms with Crippen LogP contribution in [0.1, 0.15) is 46.0 Å². The molecule has 2 N–H and O–H groups in total. The molecule has 5 atom stereocenters. The van der Waals surface area contributed by atoms with E-state index in [0.717, 1.165) is 19.3 Å². The largest absolute Gasteiger partial charge is 0.481 e. The lowest BCUT2D eigenvalue weighted by atomic mass is 9.78. The molecular formula is C14H23NO4. The second-order valence-electron chi connectivity index (χ2n) is 6.01. The van der Waals surface area contributed by atoms with Crippen molar-refractivity contribution in [1.82, 2.24) is 4.90 Å². The Morgan fingerprint density at radius 3 is 2.47 bits per heavy atom. The molecule has 0 aromatic carbocycles. The third-order valence-electron chi connectivity index (χ3n) is 4.69. The second kappa shape index (κ2) is 5.49. The third kappa shape index (κ3) is 2.61. The van der Waals surface area contributed by atoms with Crippen LogP contribution in [0.5, 0.6) is 0 Å². The third-order valence-corrected chi connectivity index (χ3v) is 4.69. The normalized spacial score (nSPS) is 40.3. The first-order chi connectivity index (χ1) is 8.93. The zero-order valence-electron chi connectivity index (χ0n) is 11.6. The van der Waals surface area contributed by atoms with Crippen molar-refractivity contribution in [2.24, 2.45) is 11.8 Å². The average molecular weight is 269 g/mol. The van der Waals surface area contributed by atoms with E-state index in [1.54, 1.807) is 11.8 Å². The molecule has 0 aromatic heterocycles. The van der Waals surface area contributed by atoms with Crippen molar-refractivity contribution in [3.05, 3.63) is 0 Å². The molecule has 2 rings (SSSR count). The van der Waals surface area contributed by atoms with Gasteiger partial charge in [0.1, 0.15) is 0 Å². The Morgan fingerprint density at radius 1 is 1.26 bits per heavy atom. The fourth-order valence-electron chi connectivity index (χ4n) is 3.74. The van der Waals surface area contributed by atoms with Gasteiger partial charge < -0.3 is 15.1 Å². The number of likely N-dealkylation sites (tertiary alicyclic amines) is 1. The van der Waals surface area contributed by atoms with Crippen molar-refractivity contribution in [1.29, 1.82) is 0 Å². The molecule has 0 aromatic rings. The van der Waals surface area contributed by atoms with Gasteiger partial charge in [-0.2, -0.15) is 0 Å². The molecule has 5 heteroatoms. The van der Waals surface area contributed by atoms with Crippen LogP contribution in [0.15, 0.2) is 0 Å². The van der Waals surface area contributed by atoms with E-state index in [0.29, 0.717) is 6.42 Å². The number of rotatable bonds is 2. The number of hydrogen-bond donors (Lipinski definition) is 2. The number of carbonyl (C=O) groups is 2. The number of carboxylic acid groups (broad SMARTS) is 1. The number of nitrogens with zero attached hydrogens (tertiary/aromatic N) is 1. The predicted octanol–water partition coefficient (Wildman–Crippen LogP) is 1.25. The molecule has 0 radical (unpaired) electrons. The van der Waals surface area contributed by atoms with Gasteiger partial charge in [0, 0.05) is 12.5 Å². The van der Waals surface area contributed by atoms with Crippen LogP contribution in [0.3, 0.4) is 0 Å². The van der Waals surface area contributed by atoms with Crippen molar-refractivity contribution in [2.45, 2.75) is 64.1 Å². The van der Waals surface area contributed by atoms with E-state index >= 15 is 0 Å². The van der Waals surface area contributed by atoms with Crippen LogP contribution in [0, 0.1) is 11.8 Å². The number of carbonyl (C=O) groups excluding carboxylic acids is 1. The smallest absolute Gasteiger partial charge is 0.308 e. The maximum absolute atomic E-state index is 12.2. The predicted molar refractivity (Wildman–Crippen MR) is 69.5 cm³/mol. The molecule has 2 fully saturated rings. The lowest BCUT2D eigenvalue weighted by Gasteiger charge is -2.47. The molecule has 1 saturated carbocycles. The molecular weight excluding hydrogens is 246 g/mol. The number of piperidine rings is 1. The minimum absolute atomic E-state index is 0.0107. The summed E-state index contributed by atoms with van der Waals surface area (Å²) >= 11 is 0. The molecule has 5 unspecified atom stereocenters. The van der Waals surface area contributed by atoms with Crippen LogP contribution < -0.4 is 0 Å². The van der Waals surface area contributed by atoms with Gasteiger partial charge in [-0.25, -0.2) is 0 Å². The van der Waals surface area contributed by atoms with Gasteiger partial charge in [0.15, 0.2) is 0 Å². The van der Waals surface area contributed by atoms with Crippen LogP contribution in [-0.4, -0.2) is 45.2 Å². The van der Waals surface area contributed by atoms with E-state index in [1.165, 1.54) is 0 Å². The summed E-state index contributed by atoms with van der Waals surface area (Å²) < 4.78 is 0. The zero-order valence-corrected chi connectivity index (χ0v) is 11.6. The highest BCUT2D eigenvalue weighted by atomic mass is 16.4. The summed E-state index contributed by atoms with van der Waals surface area (Å²) in [5.74, 6) is -1.53. The molecule has 19 heavy (non-hydrogen) atoms. The van der Waals surface area contributed by atoms with Crippen LogP contribution in [0.25, 0.3) is 0 Å². The molecule has 1 saturated heterocycles. The number of carboxylic acids is 1. The van der Waals surface area contributed by atoms with Gasteiger partial charge in [0.05, 0.1) is 18.1 Å². The van der Waals surface area contributed by atoms with Gasteiger partial charge in [-0.1, -0.05) is 19.8 Å². The summed E-state index contributed by atoms with van der Waals surface area (Å²) in [6.45, 7) is 3.62. The molecule has 1 aliphatic heterocycles. The second-order valence-corrected chi connectivity index (χ2v) is 6.01. The molecule has 108 valence electrons. The monoisotopic (exact) mass is 269 g/mol. The van der Waals surface area contributed by atoms with E-state index in [9.17, 15) is 19.8 Å². The van der Waals surface area contributed by atoms with Crippen LogP contribution in [0.4, 0.5) is 0 Å². The first kappa shape index (κ1) is 14.3. The van der Waals surface area contributed by atoms with Crippen LogP contribution >= 0.6 is 0 Å². The molecule has 0 bridgehead atoms. The first-order valence-corrected chi connectivity index (χ1v) is 7.15. The minimum Gasteiger partial charge on any atom is -0.481 e. The van der Waals surface area contributed by atoms with Gasteiger partial charge in [0.2, 0.25) is 5.91 Å². The summed E-state index contributed by atoms with van der Waals surface area (Å²) in [6, 6.07) is -0.544. The van der Waals surface area contributed by atoms with E-state index in [2.05, 4.69) is 0 Å². The quantitative estimate of drug-likeness (QED) is 0.791. The Bertz CT molecular complexity index is 370. The summed E-state index contributed by atoms with van der Waals surface area (Å²) in [7, 11) is 0. The summed E-state index contributed by atoms with van der Waals surface area (Å²) in [6.07, 6.45) is 3.21. The fourth-order valence-corrected chi connectivity index (χ4v) is 3.74. The van der Waals surface area contributed by atoms with Gasteiger partial charge in [0.25, 0.3) is 0 Å². The lowest BCUT2D eigenvalue weighted by Crippen LogP contribution is -2.59. The Morgan fingerprint density at radius 2 is 1.89 bits per heavy atom. The van der Waals surface area contributed by atoms with E-state index in [4.69, 9.17) is 0 Å². The Kier molecular flexibility index (Phi) is 4.13. The van der Waals surface area contributed by atoms with Crippen molar-refractivity contribution in [2.75, 3.05) is 0 Å². The Labute approximate surface area is 113 Å². The van der Waals surface area contributed by atoms with Crippen molar-refractivity contribution < 1.29 is 19.8 Å². The summed E-state index contributed by atoms with van der Waals surface area (Å²) in [5.41, 5.74) is 0. The van der Waals surface area contributed by atoms with Gasteiger partial charge in [-0.05, 0) is 25.7 Å². The van der Waals surface area contributed by atoms with Crippen LogP contribution in [-0.2, 0) is 9.59 Å². The number of aliphatic carboxylic acids is 1. The molecule has 5 nitrogen and oxygen atoms in total. The average Bonchev–Trinajstić information content (AvgIpc) is 2.30. The van der Waals surface area contributed by atoms with Gasteiger partial charge >= 0.3 is 5.97 Å². The first-order valence-electron chi connectivity index (χ1n) is 7.15. The molecule has 0 spiro atoms. The highest BCUT2D eigenvalue weighted by molar-refractivity contribution is 5.82.